The summed E-state index contributed by atoms with van der Waals surface area (Å²) in [5.74, 6) is -2.43. The molecule has 10 heteroatoms. The summed E-state index contributed by atoms with van der Waals surface area (Å²) in [6.07, 6.45) is 3.58. The quantitative estimate of drug-likeness (QED) is 0.242. The molecule has 1 aromatic carbocycles. The summed E-state index contributed by atoms with van der Waals surface area (Å²) in [6, 6.07) is 3.85. The van der Waals surface area contributed by atoms with Gasteiger partial charge in [0.1, 0.15) is 16.5 Å². The molecule has 0 saturated heterocycles. The van der Waals surface area contributed by atoms with Gasteiger partial charge < -0.3 is 20.3 Å². The van der Waals surface area contributed by atoms with Crippen molar-refractivity contribution in [2.75, 3.05) is 11.9 Å². The maximum Gasteiger partial charge on any atom is 0.341 e. The van der Waals surface area contributed by atoms with E-state index in [4.69, 9.17) is 4.74 Å². The van der Waals surface area contributed by atoms with Crippen LogP contribution in [0.1, 0.15) is 46.6 Å². The van der Waals surface area contributed by atoms with Crippen LogP contribution in [0.2, 0.25) is 0 Å². The number of carbonyl (C=O) groups excluding carboxylic acids is 3. The lowest BCUT2D eigenvalue weighted by Crippen LogP contribution is -2.32. The highest BCUT2D eigenvalue weighted by atomic mass is 32.1. The molecule has 0 fully saturated rings. The third-order valence-corrected chi connectivity index (χ3v) is 5.98. The molecular weight excluding hydrogens is 422 g/mol. The number of hydrazone groups is 1. The number of anilines is 1. The summed E-state index contributed by atoms with van der Waals surface area (Å²) in [6.45, 7) is 4.03. The number of nitrogens with zero attached hydrogens (tertiary/aromatic N) is 1. The van der Waals surface area contributed by atoms with Gasteiger partial charge >= 0.3 is 17.8 Å². The first-order valence-electron chi connectivity index (χ1n) is 9.78. The third kappa shape index (κ3) is 5.21. The van der Waals surface area contributed by atoms with Crippen LogP contribution in [0.5, 0.6) is 11.5 Å². The predicted molar refractivity (Wildman–Crippen MR) is 116 cm³/mol. The van der Waals surface area contributed by atoms with Crippen molar-refractivity contribution >= 4 is 40.3 Å². The zero-order valence-corrected chi connectivity index (χ0v) is 17.9. The zero-order valence-electron chi connectivity index (χ0n) is 17.1. The van der Waals surface area contributed by atoms with Crippen LogP contribution in [0.25, 0.3) is 0 Å². The molecule has 2 aromatic rings. The highest BCUT2D eigenvalue weighted by Gasteiger charge is 2.30. The van der Waals surface area contributed by atoms with E-state index in [1.165, 1.54) is 23.5 Å². The van der Waals surface area contributed by atoms with Gasteiger partial charge in [-0.2, -0.15) is 5.10 Å². The molecule has 0 radical (unpaired) electrons. The van der Waals surface area contributed by atoms with Crippen LogP contribution in [-0.2, 0) is 27.2 Å². The maximum atomic E-state index is 12.5. The van der Waals surface area contributed by atoms with Crippen LogP contribution in [0, 0.1) is 5.92 Å². The number of hydrogen-bond donors (Lipinski definition) is 4. The standard InChI is InChI=1S/C21H23N3O6S/c1-3-30-21(29)17-14-7-4-11(2)8-16(14)31-20(17)23-18(27)19(28)24-22-10-12-5-6-13(25)9-15(12)26/h5-6,9-11,25-26H,3-4,7-8H2,1-2H3,(H,23,27)(H,24,28). The first kappa shape index (κ1) is 22.3. The number of rotatable bonds is 5. The van der Waals surface area contributed by atoms with Crippen molar-refractivity contribution in [3.8, 4) is 11.5 Å². The lowest BCUT2D eigenvalue weighted by atomic mass is 9.88. The molecule has 0 saturated carbocycles. The van der Waals surface area contributed by atoms with Gasteiger partial charge in [0, 0.05) is 16.5 Å². The minimum absolute atomic E-state index is 0.122. The molecule has 1 atom stereocenters. The SMILES string of the molecule is CCOC(=O)c1c(NC(=O)C(=O)NN=Cc2ccc(O)cc2O)sc2c1CCC(C)C2. The molecule has 2 amide bonds. The summed E-state index contributed by atoms with van der Waals surface area (Å²) in [5, 5.41) is 25.4. The number of phenols is 2. The van der Waals surface area contributed by atoms with Crippen molar-refractivity contribution in [2.45, 2.75) is 33.1 Å². The number of carbonyl (C=O) groups is 3. The van der Waals surface area contributed by atoms with Crippen molar-refractivity contribution < 1.29 is 29.3 Å². The Bertz CT molecular complexity index is 1050. The van der Waals surface area contributed by atoms with Gasteiger partial charge in [0.05, 0.1) is 18.4 Å². The summed E-state index contributed by atoms with van der Waals surface area (Å²) in [7, 11) is 0. The molecule has 0 spiro atoms. The van der Waals surface area contributed by atoms with E-state index in [2.05, 4.69) is 22.8 Å². The number of ether oxygens (including phenoxy) is 1. The Morgan fingerprint density at radius 2 is 2.06 bits per heavy atom. The number of fused-ring (bicyclic) bond motifs is 1. The molecule has 1 aliphatic carbocycles. The highest BCUT2D eigenvalue weighted by Crippen LogP contribution is 2.40. The molecule has 31 heavy (non-hydrogen) atoms. The average Bonchev–Trinajstić information content (AvgIpc) is 3.06. The smallest absolute Gasteiger partial charge is 0.341 e. The summed E-state index contributed by atoms with van der Waals surface area (Å²) in [4.78, 5) is 38.0. The molecule has 4 N–H and O–H groups in total. The Hall–Kier alpha value is -3.40. The van der Waals surface area contributed by atoms with Crippen LogP contribution < -0.4 is 10.7 Å². The van der Waals surface area contributed by atoms with E-state index < -0.39 is 17.8 Å². The Balaban J connectivity index is 1.72. The molecule has 0 bridgehead atoms. The maximum absolute atomic E-state index is 12.5. The van der Waals surface area contributed by atoms with Crippen molar-refractivity contribution in [1.29, 1.82) is 0 Å². The second-order valence-electron chi connectivity index (χ2n) is 7.17. The van der Waals surface area contributed by atoms with Crippen molar-refractivity contribution in [2.24, 2.45) is 11.0 Å². The second-order valence-corrected chi connectivity index (χ2v) is 8.28. The van der Waals surface area contributed by atoms with E-state index in [-0.39, 0.29) is 28.7 Å². The lowest BCUT2D eigenvalue weighted by molar-refractivity contribution is -0.136. The summed E-state index contributed by atoms with van der Waals surface area (Å²) >= 11 is 1.28. The van der Waals surface area contributed by atoms with E-state index in [9.17, 15) is 24.6 Å². The number of nitrogens with one attached hydrogen (secondary N) is 2. The van der Waals surface area contributed by atoms with Crippen molar-refractivity contribution in [1.82, 2.24) is 5.43 Å². The molecular formula is C21H23N3O6S. The van der Waals surface area contributed by atoms with Gasteiger partial charge in [-0.05, 0) is 49.8 Å². The van der Waals surface area contributed by atoms with Gasteiger partial charge in [0.25, 0.3) is 0 Å². The van der Waals surface area contributed by atoms with Crippen LogP contribution in [0.4, 0.5) is 5.00 Å². The molecule has 9 nitrogen and oxygen atoms in total. The van der Waals surface area contributed by atoms with Crippen molar-refractivity contribution in [3.05, 3.63) is 39.8 Å². The van der Waals surface area contributed by atoms with Crippen LogP contribution in [0.15, 0.2) is 23.3 Å². The van der Waals surface area contributed by atoms with Gasteiger partial charge in [-0.15, -0.1) is 11.3 Å². The Labute approximate surface area is 182 Å². The molecule has 164 valence electrons. The largest absolute Gasteiger partial charge is 0.508 e. The van der Waals surface area contributed by atoms with Gasteiger partial charge in [-0.3, -0.25) is 9.59 Å². The van der Waals surface area contributed by atoms with Crippen molar-refractivity contribution in [3.63, 3.8) is 0 Å². The number of aromatic hydroxyl groups is 2. The predicted octanol–water partition coefficient (Wildman–Crippen LogP) is 2.55. The molecule has 1 unspecified atom stereocenters. The first-order valence-corrected chi connectivity index (χ1v) is 10.6. The van der Waals surface area contributed by atoms with Gasteiger partial charge in [0.2, 0.25) is 0 Å². The average molecular weight is 445 g/mol. The number of phenolic OH excluding ortho intramolecular Hbond substituents is 2. The minimum atomic E-state index is -1.04. The number of esters is 1. The Morgan fingerprint density at radius 1 is 1.29 bits per heavy atom. The summed E-state index contributed by atoms with van der Waals surface area (Å²) < 4.78 is 5.15. The van der Waals surface area contributed by atoms with Gasteiger partial charge in [-0.25, -0.2) is 10.2 Å². The fourth-order valence-electron chi connectivity index (χ4n) is 3.27. The Morgan fingerprint density at radius 3 is 2.77 bits per heavy atom. The number of thiophene rings is 1. The van der Waals surface area contributed by atoms with E-state index in [1.807, 2.05) is 0 Å². The topological polar surface area (TPSA) is 137 Å². The fourth-order valence-corrected chi connectivity index (χ4v) is 4.66. The number of hydrogen-bond acceptors (Lipinski definition) is 8. The second kappa shape index (κ2) is 9.61. The lowest BCUT2D eigenvalue weighted by Gasteiger charge is -2.18. The normalized spacial score (nSPS) is 15.4. The van der Waals surface area contributed by atoms with E-state index >= 15 is 0 Å². The van der Waals surface area contributed by atoms with Crippen LogP contribution in [0.3, 0.4) is 0 Å². The van der Waals surface area contributed by atoms with E-state index in [0.717, 1.165) is 35.6 Å². The van der Waals surface area contributed by atoms with Gasteiger partial charge in [0.15, 0.2) is 0 Å². The minimum Gasteiger partial charge on any atom is -0.508 e. The zero-order chi connectivity index (χ0) is 22.5. The molecule has 3 rings (SSSR count). The molecule has 1 aliphatic rings. The number of amides is 2. The van der Waals surface area contributed by atoms with Crippen LogP contribution >= 0.6 is 11.3 Å². The summed E-state index contributed by atoms with van der Waals surface area (Å²) in [5.41, 5.74) is 3.49. The Kier molecular flexibility index (Phi) is 6.91. The molecule has 0 aliphatic heterocycles. The highest BCUT2D eigenvalue weighted by molar-refractivity contribution is 7.17. The fraction of sp³-hybridized carbons (Fsp3) is 0.333. The van der Waals surface area contributed by atoms with Gasteiger partial charge in [-0.1, -0.05) is 6.92 Å². The molecule has 1 heterocycles. The van der Waals surface area contributed by atoms with E-state index in [1.54, 1.807) is 6.92 Å². The first-order chi connectivity index (χ1) is 14.8. The monoisotopic (exact) mass is 445 g/mol. The van der Waals surface area contributed by atoms with Crippen LogP contribution in [-0.4, -0.2) is 40.8 Å². The number of benzene rings is 1. The molecule has 1 aromatic heterocycles. The van der Waals surface area contributed by atoms with E-state index in [0.29, 0.717) is 17.9 Å². The third-order valence-electron chi connectivity index (χ3n) is 4.81.